The molecule has 17 heavy (non-hydrogen) atoms. The van der Waals surface area contributed by atoms with E-state index in [0.29, 0.717) is 19.0 Å². The van der Waals surface area contributed by atoms with Crippen LogP contribution in [0, 0.1) is 18.3 Å². The van der Waals surface area contributed by atoms with Crippen LogP contribution in [0.3, 0.4) is 0 Å². The van der Waals surface area contributed by atoms with Crippen molar-refractivity contribution >= 4 is 10.2 Å². The zero-order valence-corrected chi connectivity index (χ0v) is 11.3. The zero-order chi connectivity index (χ0) is 12.9. The summed E-state index contributed by atoms with van der Waals surface area (Å²) < 4.78 is 26.9. The Bertz CT molecular complexity index is 367. The van der Waals surface area contributed by atoms with Crippen molar-refractivity contribution in [3.05, 3.63) is 0 Å². The summed E-state index contributed by atoms with van der Waals surface area (Å²) in [6, 6.07) is 0. The number of rotatable bonds is 5. The number of nitrogens with zero attached hydrogens (tertiary/aromatic N) is 2. The van der Waals surface area contributed by atoms with Crippen LogP contribution in [0.2, 0.25) is 0 Å². The van der Waals surface area contributed by atoms with Gasteiger partial charge in [-0.1, -0.05) is 5.92 Å². The van der Waals surface area contributed by atoms with Gasteiger partial charge in [0.2, 0.25) is 0 Å². The van der Waals surface area contributed by atoms with Gasteiger partial charge in [0.05, 0.1) is 6.54 Å². The van der Waals surface area contributed by atoms with Gasteiger partial charge in [-0.3, -0.25) is 0 Å². The lowest BCUT2D eigenvalue weighted by Crippen LogP contribution is -2.46. The van der Waals surface area contributed by atoms with Crippen molar-refractivity contribution in [2.45, 2.75) is 12.8 Å². The van der Waals surface area contributed by atoms with Crippen LogP contribution in [0.25, 0.3) is 0 Å². The van der Waals surface area contributed by atoms with Crippen LogP contribution in [-0.2, 0) is 10.2 Å². The summed E-state index contributed by atoms with van der Waals surface area (Å²) in [7, 11) is 0.0843. The highest BCUT2D eigenvalue weighted by Gasteiger charge is 2.30. The molecule has 0 aromatic carbocycles. The molecule has 0 aromatic rings. The first-order chi connectivity index (χ1) is 8.02. The molecule has 0 radical (unpaired) electrons. The Hall–Kier alpha value is -0.610. The summed E-state index contributed by atoms with van der Waals surface area (Å²) in [5, 5.41) is 3.13. The third-order valence-electron chi connectivity index (χ3n) is 3.10. The summed E-state index contributed by atoms with van der Waals surface area (Å²) in [6.07, 6.45) is 6.95. The molecule has 98 valence electrons. The molecule has 0 unspecified atom stereocenters. The Labute approximate surface area is 104 Å². The van der Waals surface area contributed by atoms with E-state index in [0.717, 1.165) is 19.4 Å². The van der Waals surface area contributed by atoms with E-state index in [1.54, 1.807) is 0 Å². The summed E-state index contributed by atoms with van der Waals surface area (Å²) in [6.45, 7) is 2.25. The van der Waals surface area contributed by atoms with Gasteiger partial charge in [0.1, 0.15) is 0 Å². The van der Waals surface area contributed by atoms with E-state index in [1.807, 2.05) is 7.05 Å². The first-order valence-corrected chi connectivity index (χ1v) is 7.21. The molecule has 1 heterocycles. The summed E-state index contributed by atoms with van der Waals surface area (Å²) in [5.41, 5.74) is 0. The molecule has 0 bridgehead atoms. The average molecular weight is 259 g/mol. The predicted molar refractivity (Wildman–Crippen MR) is 68.6 cm³/mol. The summed E-state index contributed by atoms with van der Waals surface area (Å²) in [4.78, 5) is 0. The van der Waals surface area contributed by atoms with Gasteiger partial charge in [-0.2, -0.15) is 17.0 Å². The lowest BCUT2D eigenvalue weighted by atomic mass is 9.98. The lowest BCUT2D eigenvalue weighted by Gasteiger charge is -2.33. The van der Waals surface area contributed by atoms with Crippen LogP contribution in [0.15, 0.2) is 0 Å². The molecule has 1 N–H and O–H groups in total. The molecule has 5 nitrogen and oxygen atoms in total. The monoisotopic (exact) mass is 259 g/mol. The number of piperidine rings is 1. The van der Waals surface area contributed by atoms with Crippen molar-refractivity contribution in [1.82, 2.24) is 13.9 Å². The van der Waals surface area contributed by atoms with E-state index >= 15 is 0 Å². The number of terminal acetylenes is 1. The van der Waals surface area contributed by atoms with Crippen LogP contribution in [0.4, 0.5) is 0 Å². The van der Waals surface area contributed by atoms with Crippen molar-refractivity contribution in [3.63, 3.8) is 0 Å². The molecule has 0 aromatic heterocycles. The quantitative estimate of drug-likeness (QED) is 0.691. The van der Waals surface area contributed by atoms with Gasteiger partial charge < -0.3 is 5.32 Å². The lowest BCUT2D eigenvalue weighted by molar-refractivity contribution is 0.258. The molecule has 1 saturated heterocycles. The molecule has 0 atom stereocenters. The topological polar surface area (TPSA) is 52.7 Å². The Morgan fingerprint density at radius 3 is 2.53 bits per heavy atom. The fourth-order valence-electron chi connectivity index (χ4n) is 2.04. The van der Waals surface area contributed by atoms with E-state index < -0.39 is 10.2 Å². The minimum atomic E-state index is -3.36. The van der Waals surface area contributed by atoms with Gasteiger partial charge >= 0.3 is 0 Å². The number of hydrogen-bond acceptors (Lipinski definition) is 3. The maximum atomic E-state index is 12.1. The predicted octanol–water partition coefficient (Wildman–Crippen LogP) is -0.272. The maximum absolute atomic E-state index is 12.1. The van der Waals surface area contributed by atoms with Crippen LogP contribution in [-0.4, -0.2) is 57.3 Å². The van der Waals surface area contributed by atoms with Crippen molar-refractivity contribution < 1.29 is 8.42 Å². The molecular formula is C11H21N3O2S. The normalized spacial score (nSPS) is 19.4. The first kappa shape index (κ1) is 14.5. The molecular weight excluding hydrogens is 238 g/mol. The Morgan fingerprint density at radius 1 is 1.47 bits per heavy atom. The van der Waals surface area contributed by atoms with Crippen molar-refractivity contribution in [2.24, 2.45) is 5.92 Å². The number of nitrogens with one attached hydrogen (secondary N) is 1. The maximum Gasteiger partial charge on any atom is 0.282 e. The second-order valence-electron chi connectivity index (χ2n) is 4.37. The van der Waals surface area contributed by atoms with Crippen LogP contribution < -0.4 is 5.32 Å². The van der Waals surface area contributed by atoms with Crippen LogP contribution in [0.1, 0.15) is 12.8 Å². The Morgan fingerprint density at radius 2 is 2.06 bits per heavy atom. The first-order valence-electron chi connectivity index (χ1n) is 5.81. The summed E-state index contributed by atoms with van der Waals surface area (Å²) in [5.74, 6) is 2.93. The minimum absolute atomic E-state index is 0.124. The smallest absolute Gasteiger partial charge is 0.282 e. The fraction of sp³-hybridized carbons (Fsp3) is 0.818. The van der Waals surface area contributed by atoms with E-state index in [4.69, 9.17) is 6.42 Å². The van der Waals surface area contributed by atoms with E-state index in [1.165, 1.54) is 15.7 Å². The van der Waals surface area contributed by atoms with Gasteiger partial charge in [0, 0.05) is 20.1 Å². The third kappa shape index (κ3) is 3.68. The molecule has 1 aliphatic heterocycles. The van der Waals surface area contributed by atoms with Gasteiger partial charge in [-0.05, 0) is 32.4 Å². The average Bonchev–Trinajstić information content (AvgIpc) is 2.30. The van der Waals surface area contributed by atoms with Gasteiger partial charge in [0.15, 0.2) is 0 Å². The fourth-order valence-corrected chi connectivity index (χ4v) is 3.34. The SMILES string of the molecule is C#CCN(C)S(=O)(=O)N1CCC(CNC)CC1. The third-order valence-corrected chi connectivity index (χ3v) is 5.03. The Kier molecular flexibility index (Phi) is 5.40. The molecule has 0 spiro atoms. The van der Waals surface area contributed by atoms with Gasteiger partial charge in [0.25, 0.3) is 10.2 Å². The van der Waals surface area contributed by atoms with E-state index in [9.17, 15) is 8.42 Å². The van der Waals surface area contributed by atoms with Gasteiger partial charge in [-0.25, -0.2) is 0 Å². The minimum Gasteiger partial charge on any atom is -0.319 e. The second-order valence-corrected chi connectivity index (χ2v) is 6.40. The molecule has 1 rings (SSSR count). The van der Waals surface area contributed by atoms with Gasteiger partial charge in [-0.15, -0.1) is 6.42 Å². The molecule has 6 heteroatoms. The molecule has 1 aliphatic rings. The standard InChI is InChI=1S/C11H21N3O2S/c1-4-7-13(3)17(15,16)14-8-5-11(6-9-14)10-12-2/h1,11-12H,5-10H2,2-3H3. The Balaban J connectivity index is 2.56. The van der Waals surface area contributed by atoms with Crippen LogP contribution >= 0.6 is 0 Å². The largest absolute Gasteiger partial charge is 0.319 e. The number of hydrogen-bond donors (Lipinski definition) is 1. The highest BCUT2D eigenvalue weighted by Crippen LogP contribution is 2.20. The zero-order valence-electron chi connectivity index (χ0n) is 10.5. The molecule has 0 saturated carbocycles. The highest BCUT2D eigenvalue weighted by atomic mass is 32.2. The summed E-state index contributed by atoms with van der Waals surface area (Å²) >= 11 is 0. The van der Waals surface area contributed by atoms with Crippen LogP contribution in [0.5, 0.6) is 0 Å². The highest BCUT2D eigenvalue weighted by molar-refractivity contribution is 7.86. The van der Waals surface area contributed by atoms with Crippen molar-refractivity contribution in [1.29, 1.82) is 0 Å². The van der Waals surface area contributed by atoms with Crippen molar-refractivity contribution in [3.8, 4) is 12.3 Å². The second kappa shape index (κ2) is 6.36. The van der Waals surface area contributed by atoms with E-state index in [2.05, 4.69) is 11.2 Å². The van der Waals surface area contributed by atoms with Crippen molar-refractivity contribution in [2.75, 3.05) is 40.3 Å². The molecule has 0 aliphatic carbocycles. The molecule has 1 fully saturated rings. The molecule has 0 amide bonds. The van der Waals surface area contributed by atoms with E-state index in [-0.39, 0.29) is 6.54 Å².